The van der Waals surface area contributed by atoms with Crippen LogP contribution >= 0.6 is 0 Å². The van der Waals surface area contributed by atoms with Crippen LogP contribution in [0.15, 0.2) is 42.5 Å². The van der Waals surface area contributed by atoms with Crippen LogP contribution in [0.4, 0.5) is 5.69 Å². The Hall–Kier alpha value is -2.82. The summed E-state index contributed by atoms with van der Waals surface area (Å²) in [6.07, 6.45) is 3.94. The van der Waals surface area contributed by atoms with Crippen LogP contribution in [0.1, 0.15) is 48.4 Å². The molecule has 26 heavy (non-hydrogen) atoms. The molecule has 2 aromatic rings. The molecule has 0 amide bonds. The number of rotatable bonds is 5. The second-order valence-corrected chi connectivity index (χ2v) is 6.94. The maximum absolute atomic E-state index is 9.25. The highest BCUT2D eigenvalue weighted by Gasteiger charge is 2.17. The number of anilines is 1. The maximum atomic E-state index is 9.25. The number of benzene rings is 2. The molecule has 0 spiro atoms. The summed E-state index contributed by atoms with van der Waals surface area (Å²) in [6, 6.07) is 18.8. The van der Waals surface area contributed by atoms with Crippen molar-refractivity contribution in [2.45, 2.75) is 45.3 Å². The van der Waals surface area contributed by atoms with Crippen molar-refractivity contribution in [1.29, 1.82) is 10.5 Å². The van der Waals surface area contributed by atoms with E-state index in [0.717, 1.165) is 12.1 Å². The van der Waals surface area contributed by atoms with Crippen molar-refractivity contribution in [3.8, 4) is 12.1 Å². The number of nitriles is 2. The molecule has 1 saturated heterocycles. The lowest BCUT2D eigenvalue weighted by atomic mass is 10.0. The van der Waals surface area contributed by atoms with Crippen molar-refractivity contribution >= 4 is 5.69 Å². The molecule has 2 aromatic carbocycles. The molecule has 1 atom stereocenters. The summed E-state index contributed by atoms with van der Waals surface area (Å²) in [6.45, 7) is 5.10. The van der Waals surface area contributed by atoms with E-state index in [-0.39, 0.29) is 0 Å². The summed E-state index contributed by atoms with van der Waals surface area (Å²) in [5.41, 5.74) is 4.08. The Morgan fingerprint density at radius 2 is 1.65 bits per heavy atom. The van der Waals surface area contributed by atoms with Crippen LogP contribution in [0.2, 0.25) is 0 Å². The van der Waals surface area contributed by atoms with E-state index in [1.165, 1.54) is 31.4 Å². The van der Waals surface area contributed by atoms with Gasteiger partial charge >= 0.3 is 0 Å². The van der Waals surface area contributed by atoms with Gasteiger partial charge in [0.25, 0.3) is 0 Å². The Morgan fingerprint density at radius 1 is 1.00 bits per heavy atom. The smallest absolute Gasteiger partial charge is 0.101 e. The molecule has 1 unspecified atom stereocenters. The number of para-hydroxylation sites is 1. The lowest BCUT2D eigenvalue weighted by molar-refractivity contribution is 0.152. The highest BCUT2D eigenvalue weighted by molar-refractivity contribution is 5.66. The minimum absolute atomic E-state index is 0.500. The number of nitrogens with zero attached hydrogens (tertiary/aromatic N) is 3. The van der Waals surface area contributed by atoms with Gasteiger partial charge in [-0.05, 0) is 49.6 Å². The van der Waals surface area contributed by atoms with Gasteiger partial charge in [-0.15, -0.1) is 0 Å². The van der Waals surface area contributed by atoms with Crippen molar-refractivity contribution in [3.05, 3.63) is 64.7 Å². The minimum atomic E-state index is 0.500. The average molecular weight is 344 g/mol. The van der Waals surface area contributed by atoms with Crippen molar-refractivity contribution in [2.75, 3.05) is 11.9 Å². The molecule has 0 bridgehead atoms. The molecule has 4 nitrogen and oxygen atoms in total. The second kappa shape index (κ2) is 8.52. The first-order valence-corrected chi connectivity index (χ1v) is 9.20. The van der Waals surface area contributed by atoms with Gasteiger partial charge in [0, 0.05) is 19.1 Å². The van der Waals surface area contributed by atoms with Gasteiger partial charge in [0.2, 0.25) is 0 Å². The molecule has 1 heterocycles. The number of hydrogen-bond donors (Lipinski definition) is 1. The van der Waals surface area contributed by atoms with E-state index in [9.17, 15) is 10.5 Å². The molecule has 1 aliphatic rings. The predicted molar refractivity (Wildman–Crippen MR) is 103 cm³/mol. The van der Waals surface area contributed by atoms with Crippen LogP contribution in [0.5, 0.6) is 0 Å². The fourth-order valence-electron chi connectivity index (χ4n) is 3.51. The predicted octanol–water partition coefficient (Wildman–Crippen LogP) is 4.42. The summed E-state index contributed by atoms with van der Waals surface area (Å²) in [7, 11) is 0. The molecule has 0 aromatic heterocycles. The topological polar surface area (TPSA) is 62.9 Å². The first-order chi connectivity index (χ1) is 12.7. The number of piperidine rings is 1. The molecule has 4 heteroatoms. The monoisotopic (exact) mass is 344 g/mol. The van der Waals surface area contributed by atoms with E-state index in [1.807, 2.05) is 0 Å². The van der Waals surface area contributed by atoms with Crippen LogP contribution in [-0.2, 0) is 13.1 Å². The average Bonchev–Trinajstić information content (AvgIpc) is 2.69. The normalized spacial score (nSPS) is 17.3. The Morgan fingerprint density at radius 3 is 2.27 bits per heavy atom. The van der Waals surface area contributed by atoms with Crippen molar-refractivity contribution in [2.24, 2.45) is 0 Å². The van der Waals surface area contributed by atoms with Gasteiger partial charge in [-0.1, -0.05) is 36.8 Å². The zero-order valence-corrected chi connectivity index (χ0v) is 15.2. The van der Waals surface area contributed by atoms with Gasteiger partial charge in [0.1, 0.15) is 12.1 Å². The molecule has 132 valence electrons. The zero-order chi connectivity index (χ0) is 18.4. The number of likely N-dealkylation sites (tertiary alicyclic amines) is 1. The lowest BCUT2D eigenvalue weighted by Gasteiger charge is -2.33. The summed E-state index contributed by atoms with van der Waals surface area (Å²) in [4.78, 5) is 2.55. The van der Waals surface area contributed by atoms with Crippen molar-refractivity contribution in [1.82, 2.24) is 4.90 Å². The van der Waals surface area contributed by atoms with Crippen LogP contribution in [0.3, 0.4) is 0 Å². The Bertz CT molecular complexity index is 794. The molecule has 0 saturated carbocycles. The summed E-state index contributed by atoms with van der Waals surface area (Å²) in [5.74, 6) is 0. The van der Waals surface area contributed by atoms with Crippen LogP contribution < -0.4 is 5.32 Å². The quantitative estimate of drug-likeness (QED) is 0.872. The highest BCUT2D eigenvalue weighted by Crippen LogP contribution is 2.22. The van der Waals surface area contributed by atoms with Gasteiger partial charge in [0.15, 0.2) is 0 Å². The minimum Gasteiger partial charge on any atom is -0.379 e. The van der Waals surface area contributed by atoms with Crippen molar-refractivity contribution in [3.63, 3.8) is 0 Å². The molecular formula is C22H24N4. The number of nitrogens with one attached hydrogen (secondary N) is 1. The first kappa shape index (κ1) is 18.0. The zero-order valence-electron chi connectivity index (χ0n) is 15.2. The maximum Gasteiger partial charge on any atom is 0.101 e. The third-order valence-electron chi connectivity index (χ3n) is 5.12. The third kappa shape index (κ3) is 4.23. The van der Waals surface area contributed by atoms with Crippen LogP contribution in [0, 0.1) is 22.7 Å². The van der Waals surface area contributed by atoms with E-state index < -0.39 is 0 Å². The summed E-state index contributed by atoms with van der Waals surface area (Å²) >= 11 is 0. The first-order valence-electron chi connectivity index (χ1n) is 9.20. The SMILES string of the molecule is CC1CCCCN1Cc1ccc(CNc2c(C#N)cccc2C#N)cc1. The Labute approximate surface area is 155 Å². The van der Waals surface area contributed by atoms with E-state index >= 15 is 0 Å². The van der Waals surface area contributed by atoms with E-state index in [2.05, 4.69) is 53.5 Å². The summed E-state index contributed by atoms with van der Waals surface area (Å²) in [5, 5.41) is 21.7. The van der Waals surface area contributed by atoms with Gasteiger partial charge in [0.05, 0.1) is 16.8 Å². The number of hydrogen-bond acceptors (Lipinski definition) is 4. The van der Waals surface area contributed by atoms with Gasteiger partial charge in [-0.25, -0.2) is 0 Å². The molecule has 0 radical (unpaired) electrons. The largest absolute Gasteiger partial charge is 0.379 e. The molecule has 1 N–H and O–H groups in total. The molecule has 3 rings (SSSR count). The third-order valence-corrected chi connectivity index (χ3v) is 5.12. The second-order valence-electron chi connectivity index (χ2n) is 6.94. The van der Waals surface area contributed by atoms with Crippen LogP contribution in [-0.4, -0.2) is 17.5 Å². The van der Waals surface area contributed by atoms with Gasteiger partial charge in [-0.3, -0.25) is 4.90 Å². The van der Waals surface area contributed by atoms with E-state index in [4.69, 9.17) is 0 Å². The van der Waals surface area contributed by atoms with E-state index in [1.54, 1.807) is 18.2 Å². The van der Waals surface area contributed by atoms with Crippen molar-refractivity contribution < 1.29 is 0 Å². The fourth-order valence-corrected chi connectivity index (χ4v) is 3.51. The van der Waals surface area contributed by atoms with Crippen LogP contribution in [0.25, 0.3) is 0 Å². The summed E-state index contributed by atoms with van der Waals surface area (Å²) < 4.78 is 0. The molecule has 1 aliphatic heterocycles. The molecular weight excluding hydrogens is 320 g/mol. The van der Waals surface area contributed by atoms with E-state index in [0.29, 0.717) is 29.4 Å². The van der Waals surface area contributed by atoms with Gasteiger partial charge < -0.3 is 5.32 Å². The standard InChI is InChI=1S/C22H24N4/c1-17-5-2-3-12-26(17)16-19-10-8-18(9-11-19)15-25-22-20(13-23)6-4-7-21(22)14-24/h4,6-11,17,25H,2-3,5,12,15-16H2,1H3. The lowest BCUT2D eigenvalue weighted by Crippen LogP contribution is -2.36. The Kier molecular flexibility index (Phi) is 5.89. The van der Waals surface area contributed by atoms with Gasteiger partial charge in [-0.2, -0.15) is 10.5 Å². The fraction of sp³-hybridized carbons (Fsp3) is 0.364. The highest BCUT2D eigenvalue weighted by atomic mass is 15.2. The molecule has 0 aliphatic carbocycles. The Balaban J connectivity index is 1.64. The molecule has 1 fully saturated rings.